The summed E-state index contributed by atoms with van der Waals surface area (Å²) >= 11 is 0. The maximum atomic E-state index is 12.7. The van der Waals surface area contributed by atoms with Crippen molar-refractivity contribution >= 4 is 11.9 Å². The number of rotatable bonds is 7. The Balaban J connectivity index is 2.45. The summed E-state index contributed by atoms with van der Waals surface area (Å²) in [6.45, 7) is 3.74. The molecule has 1 unspecified atom stereocenters. The van der Waals surface area contributed by atoms with Crippen molar-refractivity contribution in [1.29, 1.82) is 0 Å². The van der Waals surface area contributed by atoms with Gasteiger partial charge in [-0.25, -0.2) is 4.39 Å². The van der Waals surface area contributed by atoms with Crippen molar-refractivity contribution in [2.24, 2.45) is 5.92 Å². The summed E-state index contributed by atoms with van der Waals surface area (Å²) in [5.74, 6) is -1.36. The van der Waals surface area contributed by atoms with Crippen molar-refractivity contribution in [2.75, 3.05) is 0 Å². The smallest absolute Gasteiger partial charge is 0.305 e. The molecule has 20 heavy (non-hydrogen) atoms. The number of hydrogen-bond acceptors (Lipinski definition) is 2. The maximum absolute atomic E-state index is 12.7. The first-order chi connectivity index (χ1) is 9.38. The van der Waals surface area contributed by atoms with Crippen molar-refractivity contribution < 1.29 is 19.1 Å². The number of amides is 1. The molecule has 110 valence electrons. The number of carboxylic acid groups (broad SMARTS) is 1. The van der Waals surface area contributed by atoms with Gasteiger partial charge < -0.3 is 10.4 Å². The van der Waals surface area contributed by atoms with Crippen LogP contribution in [-0.4, -0.2) is 23.0 Å². The van der Waals surface area contributed by atoms with E-state index in [4.69, 9.17) is 5.11 Å². The fourth-order valence-electron chi connectivity index (χ4n) is 1.83. The topological polar surface area (TPSA) is 66.4 Å². The molecule has 1 atom stereocenters. The molecule has 2 N–H and O–H groups in total. The van der Waals surface area contributed by atoms with Crippen molar-refractivity contribution in [1.82, 2.24) is 5.32 Å². The predicted octanol–water partition coefficient (Wildman–Crippen LogP) is 2.37. The molecular weight excluding hydrogens is 261 g/mol. The van der Waals surface area contributed by atoms with Gasteiger partial charge in [-0.2, -0.15) is 0 Å². The minimum Gasteiger partial charge on any atom is -0.481 e. The first kappa shape index (κ1) is 16.1. The lowest BCUT2D eigenvalue weighted by atomic mass is 10.0. The summed E-state index contributed by atoms with van der Waals surface area (Å²) < 4.78 is 12.7. The Morgan fingerprint density at radius 3 is 2.35 bits per heavy atom. The Kier molecular flexibility index (Phi) is 6.15. The second-order valence-corrected chi connectivity index (χ2v) is 5.14. The Morgan fingerprint density at radius 1 is 1.25 bits per heavy atom. The molecule has 0 aromatic heterocycles. The third-order valence-corrected chi connectivity index (χ3v) is 3.10. The third kappa shape index (κ3) is 5.82. The minimum atomic E-state index is -0.928. The van der Waals surface area contributed by atoms with E-state index in [-0.39, 0.29) is 36.5 Å². The first-order valence-corrected chi connectivity index (χ1v) is 6.64. The molecule has 0 radical (unpaired) electrons. The van der Waals surface area contributed by atoms with Crippen LogP contribution in [0.5, 0.6) is 0 Å². The molecule has 0 aliphatic carbocycles. The fraction of sp³-hybridized carbons (Fsp3) is 0.467. The second kappa shape index (κ2) is 7.62. The van der Waals surface area contributed by atoms with Crippen LogP contribution in [0.4, 0.5) is 4.39 Å². The molecule has 0 heterocycles. The lowest BCUT2D eigenvalue weighted by Crippen LogP contribution is -2.40. The Morgan fingerprint density at radius 2 is 1.85 bits per heavy atom. The number of hydrogen-bond donors (Lipinski definition) is 2. The third-order valence-electron chi connectivity index (χ3n) is 3.10. The zero-order valence-corrected chi connectivity index (χ0v) is 11.7. The molecule has 0 fully saturated rings. The van der Waals surface area contributed by atoms with Gasteiger partial charge in [0.15, 0.2) is 0 Å². The molecular formula is C15H20FNO3. The van der Waals surface area contributed by atoms with Gasteiger partial charge in [0, 0.05) is 12.5 Å². The monoisotopic (exact) mass is 281 g/mol. The van der Waals surface area contributed by atoms with Crippen molar-refractivity contribution in [3.05, 3.63) is 35.6 Å². The van der Waals surface area contributed by atoms with E-state index in [0.29, 0.717) is 6.42 Å². The average molecular weight is 281 g/mol. The first-order valence-electron chi connectivity index (χ1n) is 6.64. The van der Waals surface area contributed by atoms with Gasteiger partial charge in [0.2, 0.25) is 5.91 Å². The van der Waals surface area contributed by atoms with Crippen LogP contribution in [0.15, 0.2) is 24.3 Å². The van der Waals surface area contributed by atoms with Gasteiger partial charge in [0.25, 0.3) is 0 Å². The van der Waals surface area contributed by atoms with Gasteiger partial charge in [-0.1, -0.05) is 26.0 Å². The standard InChI is InChI=1S/C15H20FNO3/c1-10(2)13(9-15(19)20)17-14(18)8-5-11-3-6-12(16)7-4-11/h3-4,6-7,10,13H,5,8-9H2,1-2H3,(H,17,18)(H,19,20). The molecule has 0 aliphatic heterocycles. The van der Waals surface area contributed by atoms with Crippen LogP contribution in [0.25, 0.3) is 0 Å². The summed E-state index contributed by atoms with van der Waals surface area (Å²) in [7, 11) is 0. The van der Waals surface area contributed by atoms with Crippen LogP contribution in [0.1, 0.15) is 32.3 Å². The second-order valence-electron chi connectivity index (χ2n) is 5.14. The molecule has 0 saturated carbocycles. The molecule has 5 heteroatoms. The number of carbonyl (C=O) groups is 2. The fourth-order valence-corrected chi connectivity index (χ4v) is 1.83. The van der Waals surface area contributed by atoms with E-state index in [2.05, 4.69) is 5.32 Å². The summed E-state index contributed by atoms with van der Waals surface area (Å²) in [5.41, 5.74) is 0.876. The van der Waals surface area contributed by atoms with Crippen LogP contribution in [0, 0.1) is 11.7 Å². The van der Waals surface area contributed by atoms with Gasteiger partial charge in [-0.3, -0.25) is 9.59 Å². The summed E-state index contributed by atoms with van der Waals surface area (Å²) in [6.07, 6.45) is 0.679. The minimum absolute atomic E-state index is 0.0564. The largest absolute Gasteiger partial charge is 0.481 e. The molecule has 1 amide bonds. The molecule has 1 rings (SSSR count). The van der Waals surface area contributed by atoms with Crippen LogP contribution >= 0.6 is 0 Å². The zero-order valence-electron chi connectivity index (χ0n) is 11.7. The lowest BCUT2D eigenvalue weighted by Gasteiger charge is -2.20. The number of aliphatic carboxylic acids is 1. The normalized spacial score (nSPS) is 12.2. The molecule has 4 nitrogen and oxygen atoms in total. The highest BCUT2D eigenvalue weighted by molar-refractivity contribution is 5.77. The quantitative estimate of drug-likeness (QED) is 0.806. The number of halogens is 1. The van der Waals surface area contributed by atoms with E-state index < -0.39 is 5.97 Å². The van der Waals surface area contributed by atoms with Gasteiger partial charge in [0.05, 0.1) is 6.42 Å². The van der Waals surface area contributed by atoms with E-state index in [1.54, 1.807) is 12.1 Å². The Hall–Kier alpha value is -1.91. The van der Waals surface area contributed by atoms with Gasteiger partial charge in [-0.05, 0) is 30.0 Å². The van der Waals surface area contributed by atoms with Crippen molar-refractivity contribution in [2.45, 2.75) is 39.2 Å². The highest BCUT2D eigenvalue weighted by Crippen LogP contribution is 2.08. The molecule has 1 aromatic rings. The Labute approximate surface area is 118 Å². The number of carbonyl (C=O) groups excluding carboxylic acids is 1. The SMILES string of the molecule is CC(C)C(CC(=O)O)NC(=O)CCc1ccc(F)cc1. The molecule has 0 aliphatic rings. The Bertz CT molecular complexity index is 457. The van der Waals surface area contributed by atoms with Crippen molar-refractivity contribution in [3.63, 3.8) is 0 Å². The van der Waals surface area contributed by atoms with Crippen LogP contribution in [-0.2, 0) is 16.0 Å². The number of aryl methyl sites for hydroxylation is 1. The van der Waals surface area contributed by atoms with E-state index in [1.807, 2.05) is 13.8 Å². The van der Waals surface area contributed by atoms with E-state index in [1.165, 1.54) is 12.1 Å². The summed E-state index contributed by atoms with van der Waals surface area (Å²) in [6, 6.07) is 5.62. The number of benzene rings is 1. The molecule has 1 aromatic carbocycles. The average Bonchev–Trinajstić information content (AvgIpc) is 2.36. The zero-order chi connectivity index (χ0) is 15.1. The van der Waals surface area contributed by atoms with Gasteiger partial charge in [-0.15, -0.1) is 0 Å². The van der Waals surface area contributed by atoms with Crippen molar-refractivity contribution in [3.8, 4) is 0 Å². The van der Waals surface area contributed by atoms with E-state index in [9.17, 15) is 14.0 Å². The molecule has 0 spiro atoms. The highest BCUT2D eigenvalue weighted by Gasteiger charge is 2.19. The molecule has 0 bridgehead atoms. The van der Waals surface area contributed by atoms with E-state index >= 15 is 0 Å². The number of nitrogens with one attached hydrogen (secondary N) is 1. The maximum Gasteiger partial charge on any atom is 0.305 e. The lowest BCUT2D eigenvalue weighted by molar-refractivity contribution is -0.138. The van der Waals surface area contributed by atoms with Gasteiger partial charge in [0.1, 0.15) is 5.82 Å². The van der Waals surface area contributed by atoms with Crippen LogP contribution in [0.3, 0.4) is 0 Å². The predicted molar refractivity (Wildman–Crippen MR) is 73.7 cm³/mol. The van der Waals surface area contributed by atoms with Crippen LogP contribution < -0.4 is 5.32 Å². The molecule has 0 saturated heterocycles. The highest BCUT2D eigenvalue weighted by atomic mass is 19.1. The van der Waals surface area contributed by atoms with Gasteiger partial charge >= 0.3 is 5.97 Å². The summed E-state index contributed by atoms with van der Waals surface area (Å²) in [5, 5.41) is 11.5. The van der Waals surface area contributed by atoms with Crippen LogP contribution in [0.2, 0.25) is 0 Å². The van der Waals surface area contributed by atoms with E-state index in [0.717, 1.165) is 5.56 Å². The summed E-state index contributed by atoms with van der Waals surface area (Å²) in [4.78, 5) is 22.5. The number of carboxylic acids is 1.